The van der Waals surface area contributed by atoms with Gasteiger partial charge in [-0.25, -0.2) is 0 Å². The second-order valence-electron chi connectivity index (χ2n) is 7.87. The molecule has 146 valence electrons. The first-order chi connectivity index (χ1) is 12.9. The average Bonchev–Trinajstić information content (AvgIpc) is 3.15. The Kier molecular flexibility index (Phi) is 6.26. The van der Waals surface area contributed by atoms with E-state index in [4.69, 9.17) is 10.3 Å². The number of carbonyl (C=O) groups excluding carboxylic acids is 1. The molecular weight excluding hydrogens is 340 g/mol. The number of nitrogens with two attached hydrogens (primary N) is 1. The van der Waals surface area contributed by atoms with Gasteiger partial charge in [-0.05, 0) is 37.2 Å². The highest BCUT2D eigenvalue weighted by Gasteiger charge is 2.25. The van der Waals surface area contributed by atoms with Gasteiger partial charge in [0.25, 0.3) is 0 Å². The number of amides is 1. The number of benzene rings is 1. The van der Waals surface area contributed by atoms with Crippen molar-refractivity contribution in [3.8, 4) is 11.4 Å². The number of hydrogen-bond acceptors (Lipinski definition) is 5. The molecule has 2 aromatic rings. The molecule has 0 spiro atoms. The summed E-state index contributed by atoms with van der Waals surface area (Å²) in [4.78, 5) is 18.8. The van der Waals surface area contributed by atoms with Crippen LogP contribution < -0.4 is 5.73 Å². The Morgan fingerprint density at radius 2 is 1.89 bits per heavy atom. The maximum Gasteiger partial charge on any atom is 0.227 e. The van der Waals surface area contributed by atoms with Crippen LogP contribution in [-0.4, -0.2) is 40.1 Å². The summed E-state index contributed by atoms with van der Waals surface area (Å²) in [5, 5.41) is 4.06. The Morgan fingerprint density at radius 3 is 2.48 bits per heavy atom. The van der Waals surface area contributed by atoms with E-state index in [2.05, 4.69) is 36.1 Å². The summed E-state index contributed by atoms with van der Waals surface area (Å²) < 4.78 is 5.33. The lowest BCUT2D eigenvalue weighted by Gasteiger charge is -2.33. The molecule has 1 fully saturated rings. The topological polar surface area (TPSA) is 85.2 Å². The number of piperidine rings is 1. The molecule has 6 nitrogen and oxygen atoms in total. The minimum Gasteiger partial charge on any atom is -0.343 e. The van der Waals surface area contributed by atoms with E-state index in [9.17, 15) is 4.79 Å². The minimum absolute atomic E-state index is 0.152. The first-order valence-electron chi connectivity index (χ1n) is 9.90. The number of likely N-dealkylation sites (tertiary alicyclic amines) is 1. The molecule has 2 N–H and O–H groups in total. The van der Waals surface area contributed by atoms with Crippen LogP contribution in [0.15, 0.2) is 28.8 Å². The van der Waals surface area contributed by atoms with Crippen LogP contribution in [0.2, 0.25) is 0 Å². The van der Waals surface area contributed by atoms with Crippen molar-refractivity contribution in [1.82, 2.24) is 15.0 Å². The fourth-order valence-electron chi connectivity index (χ4n) is 3.54. The van der Waals surface area contributed by atoms with Crippen molar-refractivity contribution in [1.29, 1.82) is 0 Å². The van der Waals surface area contributed by atoms with Crippen LogP contribution in [0.25, 0.3) is 11.4 Å². The fourth-order valence-corrected chi connectivity index (χ4v) is 3.54. The van der Waals surface area contributed by atoms with E-state index >= 15 is 0 Å². The van der Waals surface area contributed by atoms with Gasteiger partial charge in [-0.1, -0.05) is 43.3 Å². The Hall–Kier alpha value is -2.21. The van der Waals surface area contributed by atoms with Crippen LogP contribution in [0.4, 0.5) is 0 Å². The summed E-state index contributed by atoms with van der Waals surface area (Å²) in [5.74, 6) is 2.25. The van der Waals surface area contributed by atoms with Gasteiger partial charge >= 0.3 is 0 Å². The van der Waals surface area contributed by atoms with Crippen LogP contribution in [0.1, 0.15) is 57.4 Å². The predicted molar refractivity (Wildman–Crippen MR) is 105 cm³/mol. The maximum atomic E-state index is 12.4. The lowest BCUT2D eigenvalue weighted by molar-refractivity contribution is -0.132. The molecule has 1 aliphatic heterocycles. The molecule has 0 saturated carbocycles. The molecule has 2 heterocycles. The molecular formula is C21H30N4O2. The Labute approximate surface area is 161 Å². The van der Waals surface area contributed by atoms with E-state index in [1.807, 2.05) is 24.0 Å². The highest BCUT2D eigenvalue weighted by molar-refractivity contribution is 5.76. The molecule has 1 saturated heterocycles. The highest BCUT2D eigenvalue weighted by Crippen LogP contribution is 2.22. The van der Waals surface area contributed by atoms with Gasteiger partial charge < -0.3 is 15.2 Å². The first kappa shape index (κ1) is 19.5. The average molecular weight is 370 g/mol. The van der Waals surface area contributed by atoms with Crippen molar-refractivity contribution in [3.63, 3.8) is 0 Å². The normalized spacial score (nSPS) is 16.7. The number of aryl methyl sites for hydroxylation is 1. The number of rotatable bonds is 6. The molecule has 0 aliphatic carbocycles. The second kappa shape index (κ2) is 8.65. The zero-order chi connectivity index (χ0) is 19.4. The van der Waals surface area contributed by atoms with Crippen LogP contribution in [0, 0.1) is 5.92 Å². The summed E-state index contributed by atoms with van der Waals surface area (Å²) in [6.45, 7) is 7.96. The maximum absolute atomic E-state index is 12.4. The molecule has 27 heavy (non-hydrogen) atoms. The third-order valence-corrected chi connectivity index (χ3v) is 5.49. The second-order valence-corrected chi connectivity index (χ2v) is 7.87. The summed E-state index contributed by atoms with van der Waals surface area (Å²) in [6, 6.07) is 8.40. The van der Waals surface area contributed by atoms with Crippen LogP contribution >= 0.6 is 0 Å². The van der Waals surface area contributed by atoms with E-state index in [1.54, 1.807) is 0 Å². The third-order valence-electron chi connectivity index (χ3n) is 5.49. The van der Waals surface area contributed by atoms with E-state index in [1.165, 1.54) is 5.56 Å². The Balaban J connectivity index is 1.51. The number of nitrogens with zero attached hydrogens (tertiary/aromatic N) is 3. The molecule has 6 heteroatoms. The Bertz CT molecular complexity index is 744. The zero-order valence-electron chi connectivity index (χ0n) is 16.5. The predicted octanol–water partition coefficient (Wildman–Crippen LogP) is 3.38. The summed E-state index contributed by atoms with van der Waals surface area (Å²) in [7, 11) is 0. The molecule has 0 radical (unpaired) electrons. The van der Waals surface area contributed by atoms with Crippen LogP contribution in [-0.2, 0) is 11.2 Å². The monoisotopic (exact) mass is 370 g/mol. The van der Waals surface area contributed by atoms with Gasteiger partial charge in [0.1, 0.15) is 0 Å². The SMILES string of the molecule is CC(C)c1ccc(-c2noc(CCC(=O)N3CCC(C(C)N)CC3)n2)cc1. The lowest BCUT2D eigenvalue weighted by atomic mass is 9.91. The number of aromatic nitrogens is 2. The van der Waals surface area contributed by atoms with Crippen LogP contribution in [0.3, 0.4) is 0 Å². The van der Waals surface area contributed by atoms with Crippen molar-refractivity contribution in [2.24, 2.45) is 11.7 Å². The van der Waals surface area contributed by atoms with E-state index in [0.29, 0.717) is 36.4 Å². The van der Waals surface area contributed by atoms with Crippen molar-refractivity contribution >= 4 is 5.91 Å². The fraction of sp³-hybridized carbons (Fsp3) is 0.571. The van der Waals surface area contributed by atoms with E-state index in [0.717, 1.165) is 31.5 Å². The smallest absolute Gasteiger partial charge is 0.227 e. The standard InChI is InChI=1S/C21H30N4O2/c1-14(2)16-4-6-18(7-5-16)21-23-19(27-24-21)8-9-20(26)25-12-10-17(11-13-25)15(3)22/h4-7,14-15,17H,8-13,22H2,1-3H3. The summed E-state index contributed by atoms with van der Waals surface area (Å²) >= 11 is 0. The van der Waals surface area contributed by atoms with E-state index < -0.39 is 0 Å². The third kappa shape index (κ3) is 4.95. The van der Waals surface area contributed by atoms with E-state index in [-0.39, 0.29) is 11.9 Å². The number of hydrogen-bond donors (Lipinski definition) is 1. The molecule has 1 aliphatic rings. The van der Waals surface area contributed by atoms with Gasteiger partial charge in [-0.3, -0.25) is 4.79 Å². The molecule has 1 aromatic heterocycles. The molecule has 1 aromatic carbocycles. The Morgan fingerprint density at radius 1 is 1.22 bits per heavy atom. The van der Waals surface area contributed by atoms with Gasteiger partial charge in [0.05, 0.1) is 0 Å². The summed E-state index contributed by atoms with van der Waals surface area (Å²) in [6.07, 6.45) is 2.85. The van der Waals surface area contributed by atoms with Gasteiger partial charge in [-0.2, -0.15) is 4.98 Å². The minimum atomic E-state index is 0.152. The van der Waals surface area contributed by atoms with Crippen molar-refractivity contribution in [2.75, 3.05) is 13.1 Å². The molecule has 1 unspecified atom stereocenters. The quantitative estimate of drug-likeness (QED) is 0.842. The molecule has 1 atom stereocenters. The van der Waals surface area contributed by atoms with Gasteiger partial charge in [-0.15, -0.1) is 0 Å². The summed E-state index contributed by atoms with van der Waals surface area (Å²) in [5.41, 5.74) is 8.17. The van der Waals surface area contributed by atoms with Gasteiger partial charge in [0, 0.05) is 37.5 Å². The molecule has 1 amide bonds. The lowest BCUT2D eigenvalue weighted by Crippen LogP contribution is -2.42. The van der Waals surface area contributed by atoms with Gasteiger partial charge in [0.15, 0.2) is 0 Å². The van der Waals surface area contributed by atoms with Crippen molar-refractivity contribution in [2.45, 2.75) is 58.4 Å². The number of carbonyl (C=O) groups is 1. The van der Waals surface area contributed by atoms with Gasteiger partial charge in [0.2, 0.25) is 17.6 Å². The van der Waals surface area contributed by atoms with Crippen molar-refractivity contribution in [3.05, 3.63) is 35.7 Å². The van der Waals surface area contributed by atoms with Crippen LogP contribution in [0.5, 0.6) is 0 Å². The van der Waals surface area contributed by atoms with Crippen molar-refractivity contribution < 1.29 is 9.32 Å². The highest BCUT2D eigenvalue weighted by atomic mass is 16.5. The largest absolute Gasteiger partial charge is 0.343 e. The first-order valence-corrected chi connectivity index (χ1v) is 9.90. The zero-order valence-corrected chi connectivity index (χ0v) is 16.5. The molecule has 0 bridgehead atoms. The molecule has 3 rings (SSSR count).